The van der Waals surface area contributed by atoms with Crippen LogP contribution in [0.5, 0.6) is 5.75 Å². The molecular formula is C23H28N4O4S. The molecule has 2 aromatic rings. The van der Waals surface area contributed by atoms with Crippen molar-refractivity contribution in [2.24, 2.45) is 0 Å². The Labute approximate surface area is 192 Å². The number of nitrogens with zero attached hydrogens (tertiary/aromatic N) is 2. The van der Waals surface area contributed by atoms with Crippen LogP contribution in [0.3, 0.4) is 0 Å². The van der Waals surface area contributed by atoms with Gasteiger partial charge in [-0.2, -0.15) is 0 Å². The molecule has 8 nitrogen and oxygen atoms in total. The van der Waals surface area contributed by atoms with E-state index < -0.39 is 10.8 Å². The average molecular weight is 457 g/mol. The Hall–Kier alpha value is -3.20. The average Bonchev–Trinajstić information content (AvgIpc) is 2.80. The van der Waals surface area contributed by atoms with Crippen LogP contribution < -0.4 is 15.5 Å². The highest BCUT2D eigenvalue weighted by molar-refractivity contribution is 7.80. The molecule has 1 fully saturated rings. The number of aromatic hydroxyl groups is 1. The van der Waals surface area contributed by atoms with Crippen molar-refractivity contribution in [3.8, 4) is 5.75 Å². The highest BCUT2D eigenvalue weighted by atomic mass is 32.1. The first-order valence-electron chi connectivity index (χ1n) is 10.8. The van der Waals surface area contributed by atoms with Crippen molar-refractivity contribution in [2.75, 3.05) is 23.3 Å². The summed E-state index contributed by atoms with van der Waals surface area (Å²) in [7, 11) is 0. The number of amides is 1. The van der Waals surface area contributed by atoms with Gasteiger partial charge in [0.05, 0.1) is 10.6 Å². The van der Waals surface area contributed by atoms with Crippen molar-refractivity contribution in [3.05, 3.63) is 57.6 Å². The van der Waals surface area contributed by atoms with Crippen LogP contribution in [0.25, 0.3) is 0 Å². The summed E-state index contributed by atoms with van der Waals surface area (Å²) in [6.07, 6.45) is 4.04. The van der Waals surface area contributed by atoms with E-state index in [9.17, 15) is 20.0 Å². The molecule has 32 heavy (non-hydrogen) atoms. The maximum atomic E-state index is 12.7. The van der Waals surface area contributed by atoms with Crippen LogP contribution in [0.15, 0.2) is 36.4 Å². The molecular weight excluding hydrogens is 428 g/mol. The van der Waals surface area contributed by atoms with Crippen LogP contribution in [0.1, 0.15) is 61.4 Å². The third-order valence-electron chi connectivity index (χ3n) is 5.81. The summed E-state index contributed by atoms with van der Waals surface area (Å²) < 4.78 is 0. The molecule has 0 radical (unpaired) electrons. The van der Waals surface area contributed by atoms with Crippen molar-refractivity contribution in [2.45, 2.75) is 45.4 Å². The minimum Gasteiger partial charge on any atom is -0.506 e. The molecule has 1 atom stereocenters. The minimum atomic E-state index is -0.562. The van der Waals surface area contributed by atoms with E-state index >= 15 is 0 Å². The fourth-order valence-corrected chi connectivity index (χ4v) is 3.94. The van der Waals surface area contributed by atoms with Gasteiger partial charge >= 0.3 is 0 Å². The van der Waals surface area contributed by atoms with Crippen molar-refractivity contribution in [1.29, 1.82) is 0 Å². The molecule has 1 saturated heterocycles. The molecule has 0 aromatic heterocycles. The fraction of sp³-hybridized carbons (Fsp3) is 0.391. The quantitative estimate of drug-likeness (QED) is 0.245. The molecule has 0 bridgehead atoms. The SMILES string of the molecule is CC[C@@H](C)c1ccc(O)c(NC(=S)NC(=O)c2ccc(N3CCCCC3)c([N+](=O)[O-])c2)c1. The molecule has 1 heterocycles. The number of benzene rings is 2. The van der Waals surface area contributed by atoms with Gasteiger partial charge in [-0.15, -0.1) is 0 Å². The molecule has 170 valence electrons. The van der Waals surface area contributed by atoms with Crippen molar-refractivity contribution < 1.29 is 14.8 Å². The van der Waals surface area contributed by atoms with Crippen LogP contribution in [-0.2, 0) is 0 Å². The summed E-state index contributed by atoms with van der Waals surface area (Å²) >= 11 is 5.23. The van der Waals surface area contributed by atoms with Gasteiger partial charge in [0.25, 0.3) is 11.6 Å². The van der Waals surface area contributed by atoms with E-state index in [0.29, 0.717) is 17.3 Å². The molecule has 0 unspecified atom stereocenters. The maximum absolute atomic E-state index is 12.7. The van der Waals surface area contributed by atoms with E-state index in [0.717, 1.165) is 44.3 Å². The van der Waals surface area contributed by atoms with Crippen molar-refractivity contribution in [3.63, 3.8) is 0 Å². The topological polar surface area (TPSA) is 108 Å². The number of hydrogen-bond acceptors (Lipinski definition) is 6. The lowest BCUT2D eigenvalue weighted by Gasteiger charge is -2.28. The number of anilines is 2. The van der Waals surface area contributed by atoms with Crippen LogP contribution in [0, 0.1) is 10.1 Å². The van der Waals surface area contributed by atoms with Gasteiger partial charge in [0.2, 0.25) is 0 Å². The molecule has 3 rings (SSSR count). The number of phenolic OH excluding ortho intramolecular Hbond substituents is 1. The number of rotatable bonds is 6. The predicted molar refractivity (Wildman–Crippen MR) is 130 cm³/mol. The molecule has 1 aliphatic rings. The standard InChI is InChI=1S/C23H28N4O4S/c1-3-15(2)16-8-10-21(28)18(13-16)24-23(32)25-22(29)17-7-9-19(20(14-17)27(30)31)26-11-5-4-6-12-26/h7-10,13-15,28H,3-6,11-12H2,1-2H3,(H2,24,25,29,32)/t15-/m1/s1. The van der Waals surface area contributed by atoms with Gasteiger partial charge in [-0.25, -0.2) is 0 Å². The summed E-state index contributed by atoms with van der Waals surface area (Å²) in [5, 5.41) is 27.1. The number of piperidine rings is 1. The lowest BCUT2D eigenvalue weighted by atomic mass is 9.98. The van der Waals surface area contributed by atoms with Gasteiger partial charge in [-0.05, 0) is 73.6 Å². The predicted octanol–water partition coefficient (Wildman–Crippen LogP) is 4.93. The van der Waals surface area contributed by atoms with E-state index in [1.54, 1.807) is 24.3 Å². The van der Waals surface area contributed by atoms with E-state index in [1.165, 1.54) is 6.07 Å². The Morgan fingerprint density at radius 1 is 1.22 bits per heavy atom. The van der Waals surface area contributed by atoms with Crippen molar-refractivity contribution in [1.82, 2.24) is 5.32 Å². The van der Waals surface area contributed by atoms with Gasteiger partial charge in [-0.3, -0.25) is 20.2 Å². The Morgan fingerprint density at radius 3 is 2.59 bits per heavy atom. The number of carbonyl (C=O) groups is 1. The molecule has 9 heteroatoms. The van der Waals surface area contributed by atoms with Crippen molar-refractivity contribution >= 4 is 40.3 Å². The zero-order valence-electron chi connectivity index (χ0n) is 18.3. The second kappa shape index (κ2) is 10.4. The van der Waals surface area contributed by atoms with E-state index in [2.05, 4.69) is 24.5 Å². The number of nitro benzene ring substituents is 1. The summed E-state index contributed by atoms with van der Waals surface area (Å²) in [4.78, 5) is 25.8. The summed E-state index contributed by atoms with van der Waals surface area (Å²) in [6, 6.07) is 9.69. The lowest BCUT2D eigenvalue weighted by molar-refractivity contribution is -0.384. The monoisotopic (exact) mass is 456 g/mol. The number of hydrogen-bond donors (Lipinski definition) is 3. The van der Waals surface area contributed by atoms with Crippen LogP contribution in [0.4, 0.5) is 17.1 Å². The maximum Gasteiger partial charge on any atom is 0.293 e. The molecule has 0 spiro atoms. The second-order valence-electron chi connectivity index (χ2n) is 8.00. The first-order chi connectivity index (χ1) is 15.3. The first-order valence-corrected chi connectivity index (χ1v) is 11.2. The Kier molecular flexibility index (Phi) is 7.63. The minimum absolute atomic E-state index is 0.00522. The first kappa shape index (κ1) is 23.5. The van der Waals surface area contributed by atoms with Crippen LogP contribution >= 0.6 is 12.2 Å². The largest absolute Gasteiger partial charge is 0.506 e. The van der Waals surface area contributed by atoms with Gasteiger partial charge in [0, 0.05) is 24.7 Å². The summed E-state index contributed by atoms with van der Waals surface area (Å²) in [5.41, 5.74) is 1.99. The third-order valence-corrected chi connectivity index (χ3v) is 6.01. The third kappa shape index (κ3) is 5.53. The van der Waals surface area contributed by atoms with Gasteiger partial charge in [0.15, 0.2) is 5.11 Å². The van der Waals surface area contributed by atoms with Crippen LogP contribution in [0.2, 0.25) is 0 Å². The van der Waals surface area contributed by atoms with E-state index in [-0.39, 0.29) is 22.1 Å². The van der Waals surface area contributed by atoms with Gasteiger partial charge in [0.1, 0.15) is 11.4 Å². The number of nitrogens with one attached hydrogen (secondary N) is 2. The molecule has 1 amide bonds. The normalized spacial score (nSPS) is 14.5. The molecule has 0 saturated carbocycles. The number of nitro groups is 1. The number of carbonyl (C=O) groups excluding carboxylic acids is 1. The van der Waals surface area contributed by atoms with E-state index in [4.69, 9.17) is 12.2 Å². The molecule has 0 aliphatic carbocycles. The number of thiocarbonyl (C=S) groups is 1. The Bertz CT molecular complexity index is 1020. The fourth-order valence-electron chi connectivity index (χ4n) is 3.74. The Balaban J connectivity index is 1.73. The highest BCUT2D eigenvalue weighted by Gasteiger charge is 2.23. The Morgan fingerprint density at radius 2 is 1.94 bits per heavy atom. The highest BCUT2D eigenvalue weighted by Crippen LogP contribution is 2.32. The summed E-state index contributed by atoms with van der Waals surface area (Å²) in [5.74, 6) is -0.248. The zero-order valence-corrected chi connectivity index (χ0v) is 19.1. The lowest BCUT2D eigenvalue weighted by Crippen LogP contribution is -2.34. The second-order valence-corrected chi connectivity index (χ2v) is 8.41. The molecule has 3 N–H and O–H groups in total. The molecule has 2 aromatic carbocycles. The van der Waals surface area contributed by atoms with Gasteiger partial charge in [-0.1, -0.05) is 19.9 Å². The van der Waals surface area contributed by atoms with Crippen LogP contribution in [-0.4, -0.2) is 34.1 Å². The zero-order chi connectivity index (χ0) is 23.3. The van der Waals surface area contributed by atoms with E-state index in [1.807, 2.05) is 11.0 Å². The van der Waals surface area contributed by atoms with Gasteiger partial charge < -0.3 is 15.3 Å². The molecule has 1 aliphatic heterocycles. The number of phenols is 1. The smallest absolute Gasteiger partial charge is 0.293 e. The summed E-state index contributed by atoms with van der Waals surface area (Å²) in [6.45, 7) is 5.68.